The lowest BCUT2D eigenvalue weighted by Crippen LogP contribution is -2.30. The third-order valence-corrected chi connectivity index (χ3v) is 5.50. The van der Waals surface area contributed by atoms with Gasteiger partial charge in [0.15, 0.2) is 0 Å². The molecule has 0 aliphatic heterocycles. The summed E-state index contributed by atoms with van der Waals surface area (Å²) in [7, 11) is 0. The highest BCUT2D eigenvalue weighted by Gasteiger charge is 2.19. The largest absolute Gasteiger partial charge is 0.352 e. The highest BCUT2D eigenvalue weighted by atomic mass is 16.1. The number of benzene rings is 2. The van der Waals surface area contributed by atoms with Crippen molar-refractivity contribution in [1.29, 1.82) is 0 Å². The molecule has 146 valence electrons. The number of nitrogens with one attached hydrogen (secondary N) is 1. The van der Waals surface area contributed by atoms with Gasteiger partial charge in [-0.3, -0.25) is 4.79 Å². The number of unbranched alkanes of at least 4 members (excludes halogenated alkanes) is 1. The van der Waals surface area contributed by atoms with Crippen LogP contribution in [0.5, 0.6) is 0 Å². The van der Waals surface area contributed by atoms with Gasteiger partial charge in [-0.05, 0) is 30.9 Å². The molecule has 3 nitrogen and oxygen atoms in total. The summed E-state index contributed by atoms with van der Waals surface area (Å²) in [4.78, 5) is 18.1. The fraction of sp³-hybridized carbons (Fsp3) is 0.360. The highest BCUT2D eigenvalue weighted by molar-refractivity contribution is 6.08. The highest BCUT2D eigenvalue weighted by Crippen LogP contribution is 2.29. The lowest BCUT2D eigenvalue weighted by molar-refractivity contribution is 0.0947. The molecule has 1 heterocycles. The summed E-state index contributed by atoms with van der Waals surface area (Å²) in [6.07, 6.45) is 4.66. The van der Waals surface area contributed by atoms with Crippen molar-refractivity contribution in [1.82, 2.24) is 10.3 Å². The van der Waals surface area contributed by atoms with E-state index in [1.165, 1.54) is 19.3 Å². The number of nitrogens with zero attached hydrogens (tertiary/aromatic N) is 1. The van der Waals surface area contributed by atoms with E-state index in [-0.39, 0.29) is 5.91 Å². The second kappa shape index (κ2) is 9.50. The zero-order valence-electron chi connectivity index (χ0n) is 17.2. The van der Waals surface area contributed by atoms with Crippen LogP contribution in [0.2, 0.25) is 0 Å². The molecule has 0 saturated carbocycles. The molecule has 1 N–H and O–H groups in total. The Kier molecular flexibility index (Phi) is 6.80. The van der Waals surface area contributed by atoms with Crippen molar-refractivity contribution in [2.24, 2.45) is 5.92 Å². The van der Waals surface area contributed by atoms with Crippen LogP contribution in [-0.2, 0) is 0 Å². The van der Waals surface area contributed by atoms with Crippen LogP contribution >= 0.6 is 0 Å². The molecule has 0 aliphatic rings. The van der Waals surface area contributed by atoms with Crippen molar-refractivity contribution in [2.45, 2.75) is 46.5 Å². The molecular formula is C25H30N2O. The topological polar surface area (TPSA) is 42.0 Å². The Morgan fingerprint density at radius 2 is 1.75 bits per heavy atom. The summed E-state index contributed by atoms with van der Waals surface area (Å²) in [6, 6.07) is 18.0. The van der Waals surface area contributed by atoms with Crippen LogP contribution in [0.1, 0.15) is 55.5 Å². The third kappa shape index (κ3) is 4.41. The van der Waals surface area contributed by atoms with E-state index >= 15 is 0 Å². The van der Waals surface area contributed by atoms with Crippen molar-refractivity contribution in [2.75, 3.05) is 6.54 Å². The van der Waals surface area contributed by atoms with Gasteiger partial charge < -0.3 is 5.32 Å². The maximum Gasteiger partial charge on any atom is 0.252 e. The van der Waals surface area contributed by atoms with E-state index in [0.717, 1.165) is 46.3 Å². The van der Waals surface area contributed by atoms with Gasteiger partial charge in [0.05, 0.1) is 16.8 Å². The third-order valence-electron chi connectivity index (χ3n) is 5.50. The molecule has 3 rings (SSSR count). The van der Waals surface area contributed by atoms with Gasteiger partial charge in [-0.15, -0.1) is 0 Å². The Balaban J connectivity index is 1.97. The Labute approximate surface area is 168 Å². The van der Waals surface area contributed by atoms with Gasteiger partial charge >= 0.3 is 0 Å². The summed E-state index contributed by atoms with van der Waals surface area (Å²) >= 11 is 0. The van der Waals surface area contributed by atoms with Crippen molar-refractivity contribution in [3.05, 3.63) is 65.7 Å². The molecule has 0 spiro atoms. The van der Waals surface area contributed by atoms with Gasteiger partial charge in [-0.1, -0.05) is 81.6 Å². The summed E-state index contributed by atoms with van der Waals surface area (Å²) in [5, 5.41) is 4.12. The number of hydrogen-bond donors (Lipinski definition) is 1. The summed E-state index contributed by atoms with van der Waals surface area (Å²) in [5.41, 5.74) is 4.45. The molecule has 1 atom stereocenters. The Morgan fingerprint density at radius 1 is 1.04 bits per heavy atom. The summed E-state index contributed by atoms with van der Waals surface area (Å²) < 4.78 is 0. The van der Waals surface area contributed by atoms with E-state index in [4.69, 9.17) is 4.98 Å². The average Bonchev–Trinajstić information content (AvgIpc) is 2.74. The van der Waals surface area contributed by atoms with Crippen LogP contribution in [0.15, 0.2) is 54.6 Å². The van der Waals surface area contributed by atoms with Gasteiger partial charge in [0.25, 0.3) is 5.91 Å². The molecular weight excluding hydrogens is 344 g/mol. The average molecular weight is 375 g/mol. The minimum atomic E-state index is 0.00299. The lowest BCUT2D eigenvalue weighted by atomic mass is 9.96. The van der Waals surface area contributed by atoms with Crippen molar-refractivity contribution in [3.63, 3.8) is 0 Å². The molecule has 0 bridgehead atoms. The Hall–Kier alpha value is -2.68. The molecule has 1 unspecified atom stereocenters. The first-order valence-corrected chi connectivity index (χ1v) is 10.4. The second-order valence-corrected chi connectivity index (χ2v) is 7.47. The second-order valence-electron chi connectivity index (χ2n) is 7.47. The smallest absolute Gasteiger partial charge is 0.252 e. The fourth-order valence-corrected chi connectivity index (χ4v) is 3.75. The van der Waals surface area contributed by atoms with E-state index in [9.17, 15) is 4.79 Å². The first-order valence-electron chi connectivity index (χ1n) is 10.4. The van der Waals surface area contributed by atoms with Gasteiger partial charge in [0, 0.05) is 17.5 Å². The number of pyridine rings is 1. The number of para-hydroxylation sites is 1. The molecule has 1 aromatic heterocycles. The van der Waals surface area contributed by atoms with E-state index in [0.29, 0.717) is 5.92 Å². The molecule has 2 aromatic carbocycles. The summed E-state index contributed by atoms with van der Waals surface area (Å²) in [6.45, 7) is 7.15. The molecule has 0 saturated heterocycles. The lowest BCUT2D eigenvalue weighted by Gasteiger charge is -2.18. The van der Waals surface area contributed by atoms with Crippen LogP contribution in [0, 0.1) is 12.8 Å². The van der Waals surface area contributed by atoms with Gasteiger partial charge in [0.1, 0.15) is 0 Å². The van der Waals surface area contributed by atoms with Crippen molar-refractivity contribution >= 4 is 16.8 Å². The number of carbonyl (C=O) groups excluding carboxylic acids is 1. The zero-order chi connectivity index (χ0) is 19.9. The van der Waals surface area contributed by atoms with Crippen molar-refractivity contribution in [3.8, 4) is 11.3 Å². The maximum atomic E-state index is 13.2. The standard InChI is InChI=1S/C25H30N2O/c1-4-6-12-19(5-2)17-26-25(28)23-18(3)24(20-13-8-7-9-14-20)27-22-16-11-10-15-21(22)23/h7-11,13-16,19H,4-6,12,17H2,1-3H3,(H,26,28). The van der Waals surface area contributed by atoms with Crippen LogP contribution in [0.4, 0.5) is 0 Å². The maximum absolute atomic E-state index is 13.2. The van der Waals surface area contributed by atoms with E-state index in [1.54, 1.807) is 0 Å². The minimum Gasteiger partial charge on any atom is -0.352 e. The first kappa shape index (κ1) is 20.1. The normalized spacial score (nSPS) is 12.1. The Morgan fingerprint density at radius 3 is 2.46 bits per heavy atom. The quantitative estimate of drug-likeness (QED) is 0.513. The number of aromatic nitrogens is 1. The molecule has 0 aliphatic carbocycles. The van der Waals surface area contributed by atoms with Crippen LogP contribution in [0.25, 0.3) is 22.2 Å². The molecule has 28 heavy (non-hydrogen) atoms. The first-order chi connectivity index (χ1) is 13.7. The van der Waals surface area contributed by atoms with E-state index in [2.05, 4.69) is 19.2 Å². The molecule has 0 fully saturated rings. The van der Waals surface area contributed by atoms with E-state index in [1.807, 2.05) is 61.5 Å². The van der Waals surface area contributed by atoms with Gasteiger partial charge in [0.2, 0.25) is 0 Å². The number of rotatable bonds is 8. The number of fused-ring (bicyclic) bond motifs is 1. The van der Waals surface area contributed by atoms with E-state index < -0.39 is 0 Å². The van der Waals surface area contributed by atoms with Crippen molar-refractivity contribution < 1.29 is 4.79 Å². The number of amides is 1. The van der Waals surface area contributed by atoms with Gasteiger partial charge in [-0.25, -0.2) is 4.98 Å². The Bertz CT molecular complexity index is 934. The number of hydrogen-bond acceptors (Lipinski definition) is 2. The van der Waals surface area contributed by atoms with Crippen LogP contribution < -0.4 is 5.32 Å². The predicted octanol–water partition coefficient (Wildman–Crippen LogP) is 6.16. The minimum absolute atomic E-state index is 0.00299. The zero-order valence-corrected chi connectivity index (χ0v) is 17.2. The number of carbonyl (C=O) groups is 1. The molecule has 3 heteroatoms. The summed E-state index contributed by atoms with van der Waals surface area (Å²) in [5.74, 6) is 0.536. The van der Waals surface area contributed by atoms with Gasteiger partial charge in [-0.2, -0.15) is 0 Å². The molecule has 3 aromatic rings. The van der Waals surface area contributed by atoms with Crippen LogP contribution in [0.3, 0.4) is 0 Å². The fourth-order valence-electron chi connectivity index (χ4n) is 3.75. The molecule has 0 radical (unpaired) electrons. The monoisotopic (exact) mass is 374 g/mol. The molecule has 1 amide bonds. The van der Waals surface area contributed by atoms with Crippen LogP contribution in [-0.4, -0.2) is 17.4 Å². The predicted molar refractivity (Wildman–Crippen MR) is 118 cm³/mol. The SMILES string of the molecule is CCCCC(CC)CNC(=O)c1c(C)c(-c2ccccc2)nc2ccccc12.